The molecule has 1 heterocycles. The number of aliphatic carboxylic acids is 1. The van der Waals surface area contributed by atoms with Crippen molar-refractivity contribution in [3.8, 4) is 0 Å². The second-order valence-corrected chi connectivity index (χ2v) is 6.27. The summed E-state index contributed by atoms with van der Waals surface area (Å²) in [6.45, 7) is 1.20. The molecule has 23 heavy (non-hydrogen) atoms. The number of carbonyl (C=O) groups excluding carboxylic acids is 1. The second kappa shape index (κ2) is 7.79. The van der Waals surface area contributed by atoms with E-state index in [2.05, 4.69) is 5.32 Å². The summed E-state index contributed by atoms with van der Waals surface area (Å²) in [7, 11) is 0. The molecule has 1 aliphatic carbocycles. The molecule has 0 bridgehead atoms. The summed E-state index contributed by atoms with van der Waals surface area (Å²) >= 11 is 0. The number of nitrogens with one attached hydrogen (secondary N) is 1. The van der Waals surface area contributed by atoms with Crippen LogP contribution in [-0.4, -0.2) is 41.0 Å². The predicted molar refractivity (Wildman–Crippen MR) is 89.5 cm³/mol. The quantitative estimate of drug-likeness (QED) is 0.863. The van der Waals surface area contributed by atoms with E-state index < -0.39 is 5.97 Å². The van der Waals surface area contributed by atoms with Crippen molar-refractivity contribution in [2.24, 2.45) is 5.92 Å². The molecule has 2 aliphatic rings. The van der Waals surface area contributed by atoms with Gasteiger partial charge in [-0.25, -0.2) is 0 Å². The number of nitrogens with zero attached hydrogens (tertiary/aromatic N) is 1. The van der Waals surface area contributed by atoms with Gasteiger partial charge in [-0.2, -0.15) is 0 Å². The zero-order valence-electron chi connectivity index (χ0n) is 13.0. The molecular weight excluding hydrogens is 316 g/mol. The third-order valence-electron chi connectivity index (χ3n) is 4.45. The van der Waals surface area contributed by atoms with E-state index in [1.165, 1.54) is 0 Å². The minimum atomic E-state index is -0.765. The van der Waals surface area contributed by atoms with Crippen molar-refractivity contribution in [1.82, 2.24) is 10.2 Å². The molecule has 6 heteroatoms. The highest BCUT2D eigenvalue weighted by molar-refractivity contribution is 5.85. The van der Waals surface area contributed by atoms with Gasteiger partial charge in [0.1, 0.15) is 6.04 Å². The van der Waals surface area contributed by atoms with Crippen molar-refractivity contribution < 1.29 is 14.7 Å². The summed E-state index contributed by atoms with van der Waals surface area (Å²) in [5.74, 6) is -1.15. The van der Waals surface area contributed by atoms with Crippen molar-refractivity contribution in [3.63, 3.8) is 0 Å². The minimum Gasteiger partial charge on any atom is -0.481 e. The molecule has 1 saturated heterocycles. The number of carbonyl (C=O) groups is 2. The van der Waals surface area contributed by atoms with Crippen molar-refractivity contribution in [3.05, 3.63) is 35.9 Å². The number of halogens is 1. The lowest BCUT2D eigenvalue weighted by Gasteiger charge is -2.36. The average molecular weight is 339 g/mol. The Morgan fingerprint density at radius 3 is 2.48 bits per heavy atom. The number of carboxylic acid groups (broad SMARTS) is 1. The fourth-order valence-electron chi connectivity index (χ4n) is 3.11. The lowest BCUT2D eigenvalue weighted by Crippen LogP contribution is -2.47. The normalized spacial score (nSPS) is 22.7. The largest absolute Gasteiger partial charge is 0.481 e. The van der Waals surface area contributed by atoms with E-state index in [1.54, 1.807) is 0 Å². The van der Waals surface area contributed by atoms with Crippen LogP contribution in [0.2, 0.25) is 0 Å². The highest BCUT2D eigenvalue weighted by atomic mass is 35.5. The standard InChI is InChI=1S/C17H22N2O3.ClH/c20-16(18-14-8-9-14)15(12-5-2-1-3-6-12)19-10-4-7-13(11-19)17(21)22;/h1-3,5-6,13-15H,4,7-11H2,(H,18,20)(H,21,22);1H. The first-order valence-electron chi connectivity index (χ1n) is 7.97. The smallest absolute Gasteiger partial charge is 0.307 e. The highest BCUT2D eigenvalue weighted by Crippen LogP contribution is 2.29. The minimum absolute atomic E-state index is 0. The summed E-state index contributed by atoms with van der Waals surface area (Å²) in [4.78, 5) is 26.0. The number of amides is 1. The molecule has 2 atom stereocenters. The SMILES string of the molecule is Cl.O=C(O)C1CCCN(C(C(=O)NC2CC2)c2ccccc2)C1. The van der Waals surface area contributed by atoms with Crippen LogP contribution in [0.1, 0.15) is 37.3 Å². The van der Waals surface area contributed by atoms with Crippen LogP contribution in [0.3, 0.4) is 0 Å². The first-order chi connectivity index (χ1) is 10.6. The fourth-order valence-corrected chi connectivity index (χ4v) is 3.11. The maximum Gasteiger partial charge on any atom is 0.307 e. The number of hydrogen-bond donors (Lipinski definition) is 2. The third kappa shape index (κ3) is 4.45. The molecule has 1 aromatic carbocycles. The Labute approximate surface area is 142 Å². The number of benzene rings is 1. The van der Waals surface area contributed by atoms with E-state index in [9.17, 15) is 14.7 Å². The third-order valence-corrected chi connectivity index (χ3v) is 4.45. The maximum atomic E-state index is 12.7. The highest BCUT2D eigenvalue weighted by Gasteiger charge is 2.36. The topological polar surface area (TPSA) is 69.6 Å². The molecular formula is C17H23ClN2O3. The fraction of sp³-hybridized carbons (Fsp3) is 0.529. The Hall–Kier alpha value is -1.59. The maximum absolute atomic E-state index is 12.7. The first-order valence-corrected chi connectivity index (χ1v) is 7.97. The second-order valence-electron chi connectivity index (χ2n) is 6.27. The van der Waals surface area contributed by atoms with Gasteiger partial charge in [0.25, 0.3) is 0 Å². The van der Waals surface area contributed by atoms with Gasteiger partial charge in [0.05, 0.1) is 5.92 Å². The molecule has 0 aromatic heterocycles. The van der Waals surface area contributed by atoms with Gasteiger partial charge in [-0.15, -0.1) is 12.4 Å². The molecule has 2 fully saturated rings. The molecule has 1 aliphatic heterocycles. The van der Waals surface area contributed by atoms with Gasteiger partial charge in [-0.1, -0.05) is 30.3 Å². The van der Waals surface area contributed by atoms with Crippen LogP contribution >= 0.6 is 12.4 Å². The van der Waals surface area contributed by atoms with E-state index in [4.69, 9.17) is 0 Å². The molecule has 5 nitrogen and oxygen atoms in total. The van der Waals surface area contributed by atoms with E-state index in [1.807, 2.05) is 35.2 Å². The Balaban J connectivity index is 0.00000192. The lowest BCUT2D eigenvalue weighted by atomic mass is 9.94. The van der Waals surface area contributed by atoms with Gasteiger partial charge in [-0.05, 0) is 37.8 Å². The molecule has 0 radical (unpaired) electrons. The van der Waals surface area contributed by atoms with Crippen molar-refractivity contribution >= 4 is 24.3 Å². The van der Waals surface area contributed by atoms with Crippen LogP contribution in [0.4, 0.5) is 0 Å². The number of likely N-dealkylation sites (tertiary alicyclic amines) is 1. The van der Waals surface area contributed by atoms with Crippen LogP contribution in [0.5, 0.6) is 0 Å². The number of carboxylic acids is 1. The van der Waals surface area contributed by atoms with E-state index >= 15 is 0 Å². The Morgan fingerprint density at radius 2 is 1.87 bits per heavy atom. The van der Waals surface area contributed by atoms with Crippen LogP contribution in [-0.2, 0) is 9.59 Å². The molecule has 1 saturated carbocycles. The number of hydrogen-bond acceptors (Lipinski definition) is 3. The Morgan fingerprint density at radius 1 is 1.17 bits per heavy atom. The summed E-state index contributed by atoms with van der Waals surface area (Å²) in [6.07, 6.45) is 3.60. The molecule has 1 amide bonds. The molecule has 2 N–H and O–H groups in total. The summed E-state index contributed by atoms with van der Waals surface area (Å²) in [5, 5.41) is 12.3. The van der Waals surface area contributed by atoms with Crippen LogP contribution in [0.25, 0.3) is 0 Å². The van der Waals surface area contributed by atoms with Crippen LogP contribution < -0.4 is 5.32 Å². The van der Waals surface area contributed by atoms with Gasteiger partial charge < -0.3 is 10.4 Å². The van der Waals surface area contributed by atoms with E-state index in [-0.39, 0.29) is 30.3 Å². The van der Waals surface area contributed by atoms with Crippen LogP contribution in [0.15, 0.2) is 30.3 Å². The molecule has 126 valence electrons. The lowest BCUT2D eigenvalue weighted by molar-refractivity contribution is -0.145. The average Bonchev–Trinajstić information content (AvgIpc) is 3.33. The molecule has 0 spiro atoms. The first kappa shape index (κ1) is 17.8. The number of rotatable bonds is 5. The van der Waals surface area contributed by atoms with Gasteiger partial charge in [-0.3, -0.25) is 14.5 Å². The summed E-state index contributed by atoms with van der Waals surface area (Å²) < 4.78 is 0. The Bertz CT molecular complexity index is 548. The van der Waals surface area contributed by atoms with Crippen molar-refractivity contribution in [2.75, 3.05) is 13.1 Å². The van der Waals surface area contributed by atoms with Gasteiger partial charge in [0.2, 0.25) is 5.91 Å². The molecule has 3 rings (SSSR count). The predicted octanol–water partition coefficient (Wildman–Crippen LogP) is 2.22. The summed E-state index contributed by atoms with van der Waals surface area (Å²) in [6, 6.07) is 9.58. The monoisotopic (exact) mass is 338 g/mol. The van der Waals surface area contributed by atoms with Crippen molar-refractivity contribution in [1.29, 1.82) is 0 Å². The van der Waals surface area contributed by atoms with E-state index in [0.29, 0.717) is 19.0 Å². The molecule has 2 unspecified atom stereocenters. The zero-order valence-corrected chi connectivity index (χ0v) is 13.8. The Kier molecular flexibility index (Phi) is 6.02. The number of piperidine rings is 1. The van der Waals surface area contributed by atoms with Gasteiger partial charge in [0, 0.05) is 12.6 Å². The van der Waals surface area contributed by atoms with E-state index in [0.717, 1.165) is 31.4 Å². The van der Waals surface area contributed by atoms with Crippen LogP contribution in [0, 0.1) is 5.92 Å². The zero-order chi connectivity index (χ0) is 15.5. The van der Waals surface area contributed by atoms with Gasteiger partial charge in [0.15, 0.2) is 0 Å². The molecule has 1 aromatic rings. The van der Waals surface area contributed by atoms with Crippen molar-refractivity contribution in [2.45, 2.75) is 37.8 Å². The van der Waals surface area contributed by atoms with Gasteiger partial charge >= 0.3 is 5.97 Å². The summed E-state index contributed by atoms with van der Waals surface area (Å²) in [5.41, 5.74) is 0.937.